The fourth-order valence-corrected chi connectivity index (χ4v) is 0.495. The summed E-state index contributed by atoms with van der Waals surface area (Å²) in [7, 11) is 0. The molecule has 0 spiro atoms. The first-order chi connectivity index (χ1) is 3.39. The molecule has 0 unspecified atom stereocenters. The molecule has 0 saturated carbocycles. The van der Waals surface area contributed by atoms with Gasteiger partial charge in [0.05, 0.1) is 0 Å². The Labute approximate surface area is 75.1 Å². The number of rotatable bonds is 0. The quantitative estimate of drug-likeness (QED) is 0.549. The molecule has 0 aromatic heterocycles. The minimum atomic E-state index is 0. The van der Waals surface area contributed by atoms with Crippen LogP contribution < -0.4 is 5.32 Å². The molecule has 0 aromatic carbocycles. The summed E-state index contributed by atoms with van der Waals surface area (Å²) in [6.07, 6.45) is 6.95. The predicted octanol–water partition coefficient (Wildman–Crippen LogP) is 0.850. The van der Waals surface area contributed by atoms with Gasteiger partial charge >= 0.3 is 0 Å². The second kappa shape index (κ2) is 4.28. The molecular formula is C6H8NY-. The third-order valence-electron chi connectivity index (χ3n) is 0.928. The van der Waals surface area contributed by atoms with Crippen LogP contribution in [0.1, 0.15) is 6.92 Å². The average molecular weight is 183 g/mol. The molecule has 2 heteroatoms. The van der Waals surface area contributed by atoms with Crippen LogP contribution in [0, 0.1) is 6.08 Å². The van der Waals surface area contributed by atoms with E-state index in [1.807, 2.05) is 13.1 Å². The summed E-state index contributed by atoms with van der Waals surface area (Å²) in [5.74, 6) is 0. The molecule has 1 nitrogen and oxygen atoms in total. The van der Waals surface area contributed by atoms with E-state index in [0.717, 1.165) is 6.54 Å². The van der Waals surface area contributed by atoms with Gasteiger partial charge in [-0.1, -0.05) is 13.1 Å². The van der Waals surface area contributed by atoms with Crippen molar-refractivity contribution in [1.29, 1.82) is 0 Å². The summed E-state index contributed by atoms with van der Waals surface area (Å²) in [5.41, 5.74) is 1.22. The normalized spacial score (nSPS) is 15.9. The van der Waals surface area contributed by atoms with Crippen molar-refractivity contribution in [3.05, 3.63) is 23.9 Å². The van der Waals surface area contributed by atoms with Crippen LogP contribution >= 0.6 is 0 Å². The molecule has 0 saturated heterocycles. The molecule has 8 heavy (non-hydrogen) atoms. The van der Waals surface area contributed by atoms with Gasteiger partial charge in [0, 0.05) is 32.7 Å². The zero-order chi connectivity index (χ0) is 5.11. The van der Waals surface area contributed by atoms with Gasteiger partial charge in [-0.25, -0.2) is 17.7 Å². The monoisotopic (exact) mass is 183 g/mol. The van der Waals surface area contributed by atoms with E-state index in [9.17, 15) is 0 Å². The Morgan fingerprint density at radius 3 is 2.75 bits per heavy atom. The second-order valence-corrected chi connectivity index (χ2v) is 1.58. The summed E-state index contributed by atoms with van der Waals surface area (Å²) in [6, 6.07) is 0. The molecule has 0 aliphatic carbocycles. The first-order valence-corrected chi connectivity index (χ1v) is 2.38. The van der Waals surface area contributed by atoms with Crippen molar-refractivity contribution in [2.45, 2.75) is 6.92 Å². The van der Waals surface area contributed by atoms with E-state index in [4.69, 9.17) is 0 Å². The molecule has 41 valence electrons. The number of hydrogen-bond donors (Lipinski definition) is 1. The summed E-state index contributed by atoms with van der Waals surface area (Å²) in [6.45, 7) is 3.00. The maximum atomic E-state index is 3.01. The second-order valence-electron chi connectivity index (χ2n) is 1.58. The fraction of sp³-hybridized carbons (Fsp3) is 0.333. The molecule has 1 rings (SSSR count). The smallest absolute Gasteiger partial charge is 0 e. The molecule has 1 heterocycles. The number of allylic oxidation sites excluding steroid dienone is 2. The van der Waals surface area contributed by atoms with E-state index < -0.39 is 0 Å². The van der Waals surface area contributed by atoms with Gasteiger partial charge < -0.3 is 5.32 Å². The van der Waals surface area contributed by atoms with E-state index >= 15 is 0 Å². The first kappa shape index (κ1) is 8.38. The van der Waals surface area contributed by atoms with Crippen LogP contribution in [-0.4, -0.2) is 6.54 Å². The summed E-state index contributed by atoms with van der Waals surface area (Å²) in [4.78, 5) is 0. The Balaban J connectivity index is 0.000000490. The third kappa shape index (κ3) is 2.63. The Morgan fingerprint density at radius 1 is 1.75 bits per heavy atom. The van der Waals surface area contributed by atoms with Crippen molar-refractivity contribution in [2.24, 2.45) is 0 Å². The largest absolute Gasteiger partial charge is 0.421 e. The fourth-order valence-electron chi connectivity index (χ4n) is 0.495. The van der Waals surface area contributed by atoms with Gasteiger partial charge in [0.2, 0.25) is 0 Å². The van der Waals surface area contributed by atoms with Gasteiger partial charge in [0.15, 0.2) is 0 Å². The standard InChI is InChI=1S/C6H8N.Y/c1-6-2-4-7-5-3-6;/h2,5,7H,4H2,1H3;/q-1;. The zero-order valence-electron chi connectivity index (χ0n) is 4.94. The van der Waals surface area contributed by atoms with Gasteiger partial charge in [-0.2, -0.15) is 0 Å². The molecule has 0 aromatic rings. The predicted molar refractivity (Wildman–Crippen MR) is 29.6 cm³/mol. The number of nitrogens with one attached hydrogen (secondary N) is 1. The van der Waals surface area contributed by atoms with E-state index in [0.29, 0.717) is 0 Å². The number of hydrogen-bond acceptors (Lipinski definition) is 1. The molecular weight excluding hydrogens is 175 g/mol. The summed E-state index contributed by atoms with van der Waals surface area (Å²) in [5, 5.41) is 3.00. The molecule has 0 atom stereocenters. The van der Waals surface area contributed by atoms with Crippen LogP contribution in [0.15, 0.2) is 17.8 Å². The van der Waals surface area contributed by atoms with Crippen molar-refractivity contribution in [3.63, 3.8) is 0 Å². The number of dihydropyridines is 1. The van der Waals surface area contributed by atoms with E-state index in [-0.39, 0.29) is 32.7 Å². The first-order valence-electron chi connectivity index (χ1n) is 2.38. The van der Waals surface area contributed by atoms with Gasteiger partial charge in [-0.3, -0.25) is 0 Å². The summed E-state index contributed by atoms with van der Waals surface area (Å²) < 4.78 is 0. The summed E-state index contributed by atoms with van der Waals surface area (Å²) >= 11 is 0. The van der Waals surface area contributed by atoms with Crippen LogP contribution in [0.2, 0.25) is 0 Å². The van der Waals surface area contributed by atoms with Gasteiger partial charge in [0.1, 0.15) is 0 Å². The van der Waals surface area contributed by atoms with Crippen LogP contribution in [-0.2, 0) is 32.7 Å². The van der Waals surface area contributed by atoms with Crippen molar-refractivity contribution < 1.29 is 32.7 Å². The van der Waals surface area contributed by atoms with Gasteiger partial charge in [0.25, 0.3) is 0 Å². The van der Waals surface area contributed by atoms with E-state index in [2.05, 4.69) is 17.5 Å². The molecule has 0 amide bonds. The Bertz CT molecular complexity index is 116. The minimum Gasteiger partial charge on any atom is -0.421 e. The molecule has 1 aliphatic heterocycles. The topological polar surface area (TPSA) is 12.0 Å². The van der Waals surface area contributed by atoms with Gasteiger partial charge in [-0.15, -0.1) is 0 Å². The Hall–Kier alpha value is 0.384. The SMILES string of the molecule is CC1=CCNC=[C-]1.[Y]. The third-order valence-corrected chi connectivity index (χ3v) is 0.928. The van der Waals surface area contributed by atoms with Crippen molar-refractivity contribution in [3.8, 4) is 0 Å². The van der Waals surface area contributed by atoms with Crippen LogP contribution in [0.3, 0.4) is 0 Å². The maximum Gasteiger partial charge on any atom is 0 e. The molecule has 1 N–H and O–H groups in total. The maximum absolute atomic E-state index is 3.01. The average Bonchev–Trinajstić information content (AvgIpc) is 1.69. The van der Waals surface area contributed by atoms with Crippen LogP contribution in [0.5, 0.6) is 0 Å². The molecule has 1 radical (unpaired) electrons. The zero-order valence-corrected chi connectivity index (χ0v) is 7.78. The van der Waals surface area contributed by atoms with E-state index in [1.54, 1.807) is 0 Å². The molecule has 0 fully saturated rings. The van der Waals surface area contributed by atoms with Crippen molar-refractivity contribution in [2.75, 3.05) is 6.54 Å². The van der Waals surface area contributed by atoms with Crippen LogP contribution in [0.25, 0.3) is 0 Å². The Kier molecular flexibility index (Phi) is 4.49. The van der Waals surface area contributed by atoms with E-state index in [1.165, 1.54) is 5.57 Å². The molecule has 0 bridgehead atoms. The Morgan fingerprint density at radius 2 is 2.50 bits per heavy atom. The van der Waals surface area contributed by atoms with Crippen molar-refractivity contribution >= 4 is 0 Å². The van der Waals surface area contributed by atoms with Crippen molar-refractivity contribution in [1.82, 2.24) is 5.32 Å². The van der Waals surface area contributed by atoms with Crippen LogP contribution in [0.4, 0.5) is 0 Å². The van der Waals surface area contributed by atoms with Gasteiger partial charge in [-0.05, 0) is 6.54 Å². The minimum absolute atomic E-state index is 0. The molecule has 1 aliphatic rings.